The third kappa shape index (κ3) is 4.55. The predicted molar refractivity (Wildman–Crippen MR) is 93.4 cm³/mol. The van der Waals surface area contributed by atoms with Gasteiger partial charge in [-0.2, -0.15) is 0 Å². The molecule has 2 aliphatic heterocycles. The summed E-state index contributed by atoms with van der Waals surface area (Å²) in [5.41, 5.74) is 1.41. The van der Waals surface area contributed by atoms with E-state index < -0.39 is 0 Å². The normalized spacial score (nSPS) is 26.2. The number of nitrogens with zero attached hydrogens (tertiary/aromatic N) is 1. The Labute approximate surface area is 139 Å². The van der Waals surface area contributed by atoms with Crippen LogP contribution in [0.1, 0.15) is 38.2 Å². The van der Waals surface area contributed by atoms with Crippen LogP contribution in [0.3, 0.4) is 0 Å². The highest BCUT2D eigenvalue weighted by atomic mass is 16.2. The number of hydrogen-bond acceptors (Lipinski definition) is 3. The van der Waals surface area contributed by atoms with E-state index in [1.807, 2.05) is 4.90 Å². The molecule has 1 aromatic rings. The third-order valence-corrected chi connectivity index (χ3v) is 5.27. The average Bonchev–Trinajstić information content (AvgIpc) is 2.58. The molecule has 2 aliphatic rings. The van der Waals surface area contributed by atoms with Crippen LogP contribution in [-0.2, 0) is 11.2 Å². The molecule has 23 heavy (non-hydrogen) atoms. The summed E-state index contributed by atoms with van der Waals surface area (Å²) in [6.07, 6.45) is 5.74. The molecule has 126 valence electrons. The summed E-state index contributed by atoms with van der Waals surface area (Å²) >= 11 is 0. The smallest absolute Gasteiger partial charge is 0.219 e. The fourth-order valence-electron chi connectivity index (χ4n) is 3.90. The van der Waals surface area contributed by atoms with Crippen molar-refractivity contribution in [1.82, 2.24) is 15.5 Å². The Kier molecular flexibility index (Phi) is 5.68. The van der Waals surface area contributed by atoms with Gasteiger partial charge in [0.1, 0.15) is 0 Å². The van der Waals surface area contributed by atoms with Gasteiger partial charge in [0.2, 0.25) is 5.91 Å². The van der Waals surface area contributed by atoms with Gasteiger partial charge in [-0.15, -0.1) is 0 Å². The lowest BCUT2D eigenvalue weighted by Crippen LogP contribution is -2.57. The molecule has 2 atom stereocenters. The third-order valence-electron chi connectivity index (χ3n) is 5.27. The van der Waals surface area contributed by atoms with E-state index in [9.17, 15) is 4.79 Å². The lowest BCUT2D eigenvalue weighted by atomic mass is 9.91. The van der Waals surface area contributed by atoms with Crippen molar-refractivity contribution in [3.8, 4) is 0 Å². The number of carbonyl (C=O) groups excluding carboxylic acids is 1. The summed E-state index contributed by atoms with van der Waals surface area (Å²) < 4.78 is 0. The molecule has 2 heterocycles. The van der Waals surface area contributed by atoms with E-state index in [0.717, 1.165) is 38.9 Å². The van der Waals surface area contributed by atoms with Gasteiger partial charge in [-0.25, -0.2) is 0 Å². The molecule has 0 saturated carbocycles. The van der Waals surface area contributed by atoms with Gasteiger partial charge in [0.15, 0.2) is 0 Å². The molecule has 0 radical (unpaired) electrons. The molecule has 2 fully saturated rings. The first-order chi connectivity index (χ1) is 11.2. The van der Waals surface area contributed by atoms with Gasteiger partial charge >= 0.3 is 0 Å². The zero-order chi connectivity index (χ0) is 16.1. The highest BCUT2D eigenvalue weighted by Gasteiger charge is 2.28. The van der Waals surface area contributed by atoms with Crippen molar-refractivity contribution < 1.29 is 4.79 Å². The van der Waals surface area contributed by atoms with E-state index in [0.29, 0.717) is 18.1 Å². The van der Waals surface area contributed by atoms with E-state index in [1.54, 1.807) is 6.92 Å². The van der Waals surface area contributed by atoms with Crippen LogP contribution in [0.5, 0.6) is 0 Å². The van der Waals surface area contributed by atoms with Crippen LogP contribution in [-0.4, -0.2) is 48.6 Å². The van der Waals surface area contributed by atoms with E-state index in [-0.39, 0.29) is 5.91 Å². The molecule has 1 aromatic carbocycles. The first-order valence-corrected chi connectivity index (χ1v) is 9.01. The zero-order valence-electron chi connectivity index (χ0n) is 14.1. The maximum atomic E-state index is 11.4. The molecule has 0 aromatic heterocycles. The number of amides is 1. The van der Waals surface area contributed by atoms with Crippen molar-refractivity contribution in [3.63, 3.8) is 0 Å². The molecule has 3 rings (SSSR count). The summed E-state index contributed by atoms with van der Waals surface area (Å²) in [7, 11) is 0. The minimum Gasteiger partial charge on any atom is -0.343 e. The Balaban J connectivity index is 1.54. The molecular formula is C19H29N3O. The van der Waals surface area contributed by atoms with Crippen LogP contribution in [0.25, 0.3) is 0 Å². The monoisotopic (exact) mass is 315 g/mol. The highest BCUT2D eigenvalue weighted by Crippen LogP contribution is 2.18. The van der Waals surface area contributed by atoms with Gasteiger partial charge in [-0.3, -0.25) is 4.79 Å². The molecule has 2 unspecified atom stereocenters. The molecule has 2 saturated heterocycles. The second-order valence-electron chi connectivity index (χ2n) is 6.95. The average molecular weight is 315 g/mol. The standard InChI is InChI=1S/C19H29N3O/c1-15(23)22-12-9-17(10-13-22)21-18-8-5-11-20-19(18)14-16-6-3-2-4-7-16/h2-4,6-7,17-21H,5,8-14H2,1H3. The zero-order valence-corrected chi connectivity index (χ0v) is 14.1. The van der Waals surface area contributed by atoms with Gasteiger partial charge in [-0.05, 0) is 44.2 Å². The minimum absolute atomic E-state index is 0.213. The molecule has 4 heteroatoms. The van der Waals surface area contributed by atoms with E-state index in [2.05, 4.69) is 41.0 Å². The van der Waals surface area contributed by atoms with Gasteiger partial charge in [0, 0.05) is 38.1 Å². The largest absolute Gasteiger partial charge is 0.343 e. The van der Waals surface area contributed by atoms with Crippen molar-refractivity contribution in [2.24, 2.45) is 0 Å². The Morgan fingerprint density at radius 1 is 1.22 bits per heavy atom. The van der Waals surface area contributed by atoms with Crippen LogP contribution in [0.4, 0.5) is 0 Å². The van der Waals surface area contributed by atoms with Crippen molar-refractivity contribution in [2.45, 2.75) is 57.2 Å². The molecule has 2 N–H and O–H groups in total. The lowest BCUT2D eigenvalue weighted by molar-refractivity contribution is -0.129. The maximum Gasteiger partial charge on any atom is 0.219 e. The first-order valence-electron chi connectivity index (χ1n) is 9.01. The predicted octanol–water partition coefficient (Wildman–Crippen LogP) is 1.95. The number of piperidine rings is 2. The molecule has 0 spiro atoms. The number of hydrogen-bond donors (Lipinski definition) is 2. The summed E-state index contributed by atoms with van der Waals surface area (Å²) in [6, 6.07) is 12.4. The fraction of sp³-hybridized carbons (Fsp3) is 0.632. The second-order valence-corrected chi connectivity index (χ2v) is 6.95. The Bertz CT molecular complexity index is 497. The fourth-order valence-corrected chi connectivity index (χ4v) is 3.90. The van der Waals surface area contributed by atoms with Gasteiger partial charge < -0.3 is 15.5 Å². The van der Waals surface area contributed by atoms with Gasteiger partial charge in [0.25, 0.3) is 0 Å². The van der Waals surface area contributed by atoms with Crippen LogP contribution < -0.4 is 10.6 Å². The minimum atomic E-state index is 0.213. The van der Waals surface area contributed by atoms with Crippen molar-refractivity contribution in [2.75, 3.05) is 19.6 Å². The number of likely N-dealkylation sites (tertiary alicyclic amines) is 1. The van der Waals surface area contributed by atoms with Gasteiger partial charge in [0.05, 0.1) is 0 Å². The van der Waals surface area contributed by atoms with Crippen LogP contribution in [0, 0.1) is 0 Å². The quantitative estimate of drug-likeness (QED) is 0.893. The van der Waals surface area contributed by atoms with Crippen LogP contribution >= 0.6 is 0 Å². The van der Waals surface area contributed by atoms with E-state index in [4.69, 9.17) is 0 Å². The molecule has 0 bridgehead atoms. The topological polar surface area (TPSA) is 44.4 Å². The van der Waals surface area contributed by atoms with Crippen molar-refractivity contribution >= 4 is 5.91 Å². The van der Waals surface area contributed by atoms with Crippen molar-refractivity contribution in [1.29, 1.82) is 0 Å². The molecule has 4 nitrogen and oxygen atoms in total. The molecule has 0 aliphatic carbocycles. The molecular weight excluding hydrogens is 286 g/mol. The van der Waals surface area contributed by atoms with Crippen molar-refractivity contribution in [3.05, 3.63) is 35.9 Å². The summed E-state index contributed by atoms with van der Waals surface area (Å²) in [6.45, 7) is 4.60. The number of carbonyl (C=O) groups is 1. The summed E-state index contributed by atoms with van der Waals surface area (Å²) in [5.74, 6) is 0.213. The van der Waals surface area contributed by atoms with Crippen LogP contribution in [0.2, 0.25) is 0 Å². The molecule has 1 amide bonds. The van der Waals surface area contributed by atoms with Crippen LogP contribution in [0.15, 0.2) is 30.3 Å². The Morgan fingerprint density at radius 3 is 2.65 bits per heavy atom. The number of nitrogens with one attached hydrogen (secondary N) is 2. The number of benzene rings is 1. The summed E-state index contributed by atoms with van der Waals surface area (Å²) in [4.78, 5) is 13.4. The van der Waals surface area contributed by atoms with Gasteiger partial charge in [-0.1, -0.05) is 30.3 Å². The summed E-state index contributed by atoms with van der Waals surface area (Å²) in [5, 5.41) is 7.59. The van der Waals surface area contributed by atoms with E-state index >= 15 is 0 Å². The Morgan fingerprint density at radius 2 is 1.96 bits per heavy atom. The second kappa shape index (κ2) is 7.93. The lowest BCUT2D eigenvalue weighted by Gasteiger charge is -2.39. The Hall–Kier alpha value is -1.39. The SMILES string of the molecule is CC(=O)N1CCC(NC2CCCNC2Cc2ccccc2)CC1. The maximum absolute atomic E-state index is 11.4. The first kappa shape index (κ1) is 16.5. The van der Waals surface area contributed by atoms with E-state index in [1.165, 1.54) is 18.4 Å². The number of rotatable bonds is 4. The highest BCUT2D eigenvalue weighted by molar-refractivity contribution is 5.73.